The van der Waals surface area contributed by atoms with E-state index in [2.05, 4.69) is 36.6 Å². The van der Waals surface area contributed by atoms with Crippen LogP contribution in [-0.4, -0.2) is 8.42 Å². The van der Waals surface area contributed by atoms with Gasteiger partial charge in [0, 0.05) is 0 Å². The number of halogens is 5. The van der Waals surface area contributed by atoms with E-state index in [0.717, 1.165) is 5.56 Å². The first-order valence-electron chi connectivity index (χ1n) is 5.76. The van der Waals surface area contributed by atoms with Crippen molar-refractivity contribution < 1.29 is 12.8 Å². The van der Waals surface area contributed by atoms with Crippen LogP contribution in [-0.2, 0) is 10.0 Å². The molecule has 0 saturated carbocycles. The third-order valence-electron chi connectivity index (χ3n) is 2.78. The molecule has 9 heteroatoms. The second-order valence-electron chi connectivity index (χ2n) is 4.36. The lowest BCUT2D eigenvalue weighted by molar-refractivity contribution is 0.601. The molecule has 0 unspecified atom stereocenters. The zero-order valence-corrected chi connectivity index (χ0v) is 16.4. The minimum absolute atomic E-state index is 0.0250. The first-order chi connectivity index (χ1) is 10.1. The van der Waals surface area contributed by atoms with Crippen LogP contribution in [0.4, 0.5) is 10.1 Å². The molecule has 22 heavy (non-hydrogen) atoms. The molecular weight excluding hydrogens is 484 g/mol. The standard InChI is InChI=1S/C13H8Br2Cl2FNO2S/c1-6-2-4-7(5-3-6)22(20,21)19-13-8(14)10(16)12(18)11(17)9(13)15/h2-5,19H,1H3. The summed E-state index contributed by atoms with van der Waals surface area (Å²) in [6, 6.07) is 6.27. The molecule has 118 valence electrons. The number of benzene rings is 2. The highest BCUT2D eigenvalue weighted by molar-refractivity contribution is 9.11. The monoisotopic (exact) mass is 489 g/mol. The maximum atomic E-state index is 13.7. The number of nitrogens with one attached hydrogen (secondary N) is 1. The molecule has 0 aliphatic carbocycles. The summed E-state index contributed by atoms with van der Waals surface area (Å²) in [6.07, 6.45) is 0. The van der Waals surface area contributed by atoms with Crippen LogP contribution in [0, 0.1) is 12.7 Å². The Balaban J connectivity index is 2.53. The van der Waals surface area contributed by atoms with Crippen LogP contribution < -0.4 is 4.72 Å². The summed E-state index contributed by atoms with van der Waals surface area (Å²) < 4.78 is 41.0. The lowest BCUT2D eigenvalue weighted by atomic mass is 10.2. The zero-order chi connectivity index (χ0) is 16.7. The SMILES string of the molecule is Cc1ccc(S(=O)(=O)Nc2c(Br)c(Cl)c(F)c(Cl)c2Br)cc1. The fourth-order valence-electron chi connectivity index (χ4n) is 1.61. The molecule has 0 amide bonds. The number of sulfonamides is 1. The Hall–Kier alpha value is -0.340. The average Bonchev–Trinajstić information content (AvgIpc) is 2.48. The zero-order valence-electron chi connectivity index (χ0n) is 10.9. The largest absolute Gasteiger partial charge is 0.277 e. The van der Waals surface area contributed by atoms with E-state index < -0.39 is 15.8 Å². The molecule has 2 rings (SSSR count). The van der Waals surface area contributed by atoms with Crippen molar-refractivity contribution in [2.24, 2.45) is 0 Å². The van der Waals surface area contributed by atoms with Crippen LogP contribution in [0.15, 0.2) is 38.1 Å². The highest BCUT2D eigenvalue weighted by Gasteiger charge is 2.24. The van der Waals surface area contributed by atoms with E-state index in [1.807, 2.05) is 6.92 Å². The van der Waals surface area contributed by atoms with Gasteiger partial charge in [-0.2, -0.15) is 0 Å². The van der Waals surface area contributed by atoms with E-state index in [-0.39, 0.29) is 29.6 Å². The predicted molar refractivity (Wildman–Crippen MR) is 93.8 cm³/mol. The molecular formula is C13H8Br2Cl2FNO2S. The number of hydrogen-bond acceptors (Lipinski definition) is 2. The van der Waals surface area contributed by atoms with Gasteiger partial charge in [0.15, 0.2) is 5.82 Å². The summed E-state index contributed by atoms with van der Waals surface area (Å²) in [5, 5.41) is -0.621. The Morgan fingerprint density at radius 2 is 1.50 bits per heavy atom. The van der Waals surface area contributed by atoms with Crippen LogP contribution in [0.1, 0.15) is 5.56 Å². The minimum Gasteiger partial charge on any atom is -0.277 e. The highest BCUT2D eigenvalue weighted by atomic mass is 79.9. The first-order valence-corrected chi connectivity index (χ1v) is 9.58. The third-order valence-corrected chi connectivity index (χ3v) is 6.90. The maximum absolute atomic E-state index is 13.7. The number of anilines is 1. The number of rotatable bonds is 3. The van der Waals surface area contributed by atoms with Crippen molar-refractivity contribution in [2.45, 2.75) is 11.8 Å². The number of aryl methyl sites for hydroxylation is 1. The van der Waals surface area contributed by atoms with Crippen molar-refractivity contribution >= 4 is 70.8 Å². The van der Waals surface area contributed by atoms with Gasteiger partial charge in [0.05, 0.1) is 29.6 Å². The molecule has 0 aliphatic heterocycles. The molecule has 0 heterocycles. The van der Waals surface area contributed by atoms with Crippen LogP contribution >= 0.6 is 55.1 Å². The summed E-state index contributed by atoms with van der Waals surface area (Å²) in [7, 11) is -3.87. The normalized spacial score (nSPS) is 11.5. The Labute approximate surface area is 154 Å². The van der Waals surface area contributed by atoms with Crippen molar-refractivity contribution in [3.05, 3.63) is 54.6 Å². The van der Waals surface area contributed by atoms with Gasteiger partial charge in [0.25, 0.3) is 10.0 Å². The van der Waals surface area contributed by atoms with Crippen LogP contribution in [0.3, 0.4) is 0 Å². The molecule has 2 aromatic rings. The van der Waals surface area contributed by atoms with Crippen molar-refractivity contribution in [1.82, 2.24) is 0 Å². The maximum Gasteiger partial charge on any atom is 0.261 e. The lowest BCUT2D eigenvalue weighted by Crippen LogP contribution is -2.14. The smallest absolute Gasteiger partial charge is 0.261 e. The minimum atomic E-state index is -3.87. The quantitative estimate of drug-likeness (QED) is 0.438. The predicted octanol–water partition coefficient (Wildman–Crippen LogP) is 5.77. The Bertz CT molecular complexity index is 813. The molecule has 0 aromatic heterocycles. The van der Waals surface area contributed by atoms with Gasteiger partial charge in [0.1, 0.15) is 0 Å². The summed E-state index contributed by atoms with van der Waals surface area (Å²) in [5.74, 6) is -0.847. The van der Waals surface area contributed by atoms with Gasteiger partial charge in [-0.05, 0) is 50.9 Å². The summed E-state index contributed by atoms with van der Waals surface area (Å²) >= 11 is 17.7. The first kappa shape index (κ1) is 18.0. The van der Waals surface area contributed by atoms with Crippen molar-refractivity contribution in [3.63, 3.8) is 0 Å². The van der Waals surface area contributed by atoms with E-state index in [1.165, 1.54) is 12.1 Å². The van der Waals surface area contributed by atoms with E-state index in [9.17, 15) is 12.8 Å². The second-order valence-corrected chi connectivity index (χ2v) is 8.39. The van der Waals surface area contributed by atoms with E-state index in [1.54, 1.807) is 12.1 Å². The molecule has 0 fully saturated rings. The highest BCUT2D eigenvalue weighted by Crippen LogP contribution is 2.44. The average molecular weight is 492 g/mol. The lowest BCUT2D eigenvalue weighted by Gasteiger charge is -2.14. The third kappa shape index (κ3) is 3.43. The summed E-state index contributed by atoms with van der Waals surface area (Å²) in [5.41, 5.74) is 0.950. The molecule has 0 saturated heterocycles. The summed E-state index contributed by atoms with van der Waals surface area (Å²) in [6.45, 7) is 1.84. The van der Waals surface area contributed by atoms with Gasteiger partial charge in [-0.15, -0.1) is 0 Å². The van der Waals surface area contributed by atoms with Crippen LogP contribution in [0.25, 0.3) is 0 Å². The van der Waals surface area contributed by atoms with Gasteiger partial charge in [-0.1, -0.05) is 40.9 Å². The van der Waals surface area contributed by atoms with Gasteiger partial charge in [0.2, 0.25) is 0 Å². The molecule has 0 bridgehead atoms. The molecule has 2 aromatic carbocycles. The molecule has 0 aliphatic rings. The second kappa shape index (κ2) is 6.65. The molecule has 0 atom stereocenters. The Morgan fingerprint density at radius 3 is 1.95 bits per heavy atom. The van der Waals surface area contributed by atoms with Crippen molar-refractivity contribution in [3.8, 4) is 0 Å². The Morgan fingerprint density at radius 1 is 1.05 bits per heavy atom. The fraction of sp³-hybridized carbons (Fsp3) is 0.0769. The summed E-state index contributed by atoms with van der Waals surface area (Å²) in [4.78, 5) is 0.0634. The van der Waals surface area contributed by atoms with E-state index in [0.29, 0.717) is 0 Å². The van der Waals surface area contributed by atoms with Crippen molar-refractivity contribution in [2.75, 3.05) is 4.72 Å². The Kier molecular flexibility index (Phi) is 5.44. The van der Waals surface area contributed by atoms with Gasteiger partial charge in [-0.3, -0.25) is 4.72 Å². The van der Waals surface area contributed by atoms with E-state index in [4.69, 9.17) is 23.2 Å². The van der Waals surface area contributed by atoms with Crippen LogP contribution in [0.2, 0.25) is 10.0 Å². The van der Waals surface area contributed by atoms with E-state index >= 15 is 0 Å². The molecule has 1 N–H and O–H groups in total. The van der Waals surface area contributed by atoms with Gasteiger partial charge >= 0.3 is 0 Å². The molecule has 0 spiro atoms. The number of hydrogen-bond donors (Lipinski definition) is 1. The van der Waals surface area contributed by atoms with Crippen LogP contribution in [0.5, 0.6) is 0 Å². The topological polar surface area (TPSA) is 46.2 Å². The fourth-order valence-corrected chi connectivity index (χ4v) is 4.59. The van der Waals surface area contributed by atoms with Gasteiger partial charge < -0.3 is 0 Å². The van der Waals surface area contributed by atoms with Gasteiger partial charge in [-0.25, -0.2) is 12.8 Å². The van der Waals surface area contributed by atoms with Crippen molar-refractivity contribution in [1.29, 1.82) is 0 Å². The molecule has 0 radical (unpaired) electrons. The molecule has 3 nitrogen and oxygen atoms in total.